The fourth-order valence-corrected chi connectivity index (χ4v) is 3.38. The molecular weight excluding hydrogens is 376 g/mol. The molecule has 0 fully saturated rings. The van der Waals surface area contributed by atoms with E-state index in [4.69, 9.17) is 11.5 Å². The van der Waals surface area contributed by atoms with Gasteiger partial charge in [-0.15, -0.1) is 0 Å². The van der Waals surface area contributed by atoms with Crippen LogP contribution in [0.1, 0.15) is 11.1 Å². The lowest BCUT2D eigenvalue weighted by Gasteiger charge is -2.13. The molecule has 0 saturated heterocycles. The molecule has 0 aliphatic carbocycles. The van der Waals surface area contributed by atoms with Crippen LogP contribution in [0.3, 0.4) is 0 Å². The summed E-state index contributed by atoms with van der Waals surface area (Å²) >= 11 is 0. The van der Waals surface area contributed by atoms with Gasteiger partial charge >= 0.3 is 0 Å². The van der Waals surface area contributed by atoms with E-state index in [-0.39, 0.29) is 11.8 Å². The van der Waals surface area contributed by atoms with Crippen molar-refractivity contribution in [2.45, 2.75) is 0 Å². The van der Waals surface area contributed by atoms with Crippen LogP contribution in [0.2, 0.25) is 0 Å². The Morgan fingerprint density at radius 3 is 1.30 bits per heavy atom. The summed E-state index contributed by atoms with van der Waals surface area (Å²) in [5.74, 6) is -0.372. The molecule has 0 saturated carbocycles. The van der Waals surface area contributed by atoms with E-state index in [1.165, 1.54) is 12.2 Å². The highest BCUT2D eigenvalue weighted by atomic mass is 16.2. The van der Waals surface area contributed by atoms with Crippen molar-refractivity contribution in [2.75, 3.05) is 26.2 Å². The number of nitrogens with one attached hydrogen (secondary N) is 2. The molecule has 6 heteroatoms. The van der Waals surface area contributed by atoms with E-state index < -0.39 is 0 Å². The molecule has 6 N–H and O–H groups in total. The second-order valence-corrected chi connectivity index (χ2v) is 6.74. The Hall–Kier alpha value is -3.48. The molecule has 0 atom stereocenters. The van der Waals surface area contributed by atoms with Gasteiger partial charge in [0.2, 0.25) is 11.8 Å². The lowest BCUT2D eigenvalue weighted by molar-refractivity contribution is -0.117. The fourth-order valence-electron chi connectivity index (χ4n) is 3.38. The standard InChI is InChI=1S/C24H26N4O2/c25-13-15-27-23(29)11-9-21-17-5-1-2-6-18(17)22(10-12-24(30)28-16-14-26)20-8-4-3-7-19(20)21/h1-12H,13-16,25-26H2,(H,27,29)(H,28,30)/b11-9+,12-10+. The molecule has 0 unspecified atom stereocenters. The van der Waals surface area contributed by atoms with Crippen LogP contribution in [0.25, 0.3) is 33.7 Å². The third kappa shape index (κ3) is 4.92. The molecule has 0 radical (unpaired) electrons. The molecule has 0 aliphatic rings. The molecule has 3 rings (SSSR count). The van der Waals surface area contributed by atoms with Crippen molar-refractivity contribution in [1.82, 2.24) is 10.6 Å². The zero-order chi connectivity index (χ0) is 21.3. The van der Waals surface area contributed by atoms with Crippen LogP contribution >= 0.6 is 0 Å². The molecule has 0 spiro atoms. The Morgan fingerprint density at radius 2 is 1.00 bits per heavy atom. The van der Waals surface area contributed by atoms with Crippen LogP contribution in [0.5, 0.6) is 0 Å². The lowest BCUT2D eigenvalue weighted by Crippen LogP contribution is -2.27. The molecule has 3 aromatic carbocycles. The first-order valence-corrected chi connectivity index (χ1v) is 9.91. The molecule has 3 aromatic rings. The molecule has 0 aromatic heterocycles. The van der Waals surface area contributed by atoms with E-state index in [1.54, 1.807) is 0 Å². The van der Waals surface area contributed by atoms with Gasteiger partial charge < -0.3 is 22.1 Å². The minimum absolute atomic E-state index is 0.186. The van der Waals surface area contributed by atoms with Gasteiger partial charge in [-0.2, -0.15) is 0 Å². The van der Waals surface area contributed by atoms with Gasteiger partial charge in [0.15, 0.2) is 0 Å². The summed E-state index contributed by atoms with van der Waals surface area (Å²) in [6.07, 6.45) is 6.72. The lowest BCUT2D eigenvalue weighted by atomic mass is 9.91. The molecule has 6 nitrogen and oxygen atoms in total. The highest BCUT2D eigenvalue weighted by Crippen LogP contribution is 2.34. The van der Waals surface area contributed by atoms with Gasteiger partial charge in [-0.25, -0.2) is 0 Å². The van der Waals surface area contributed by atoms with E-state index in [2.05, 4.69) is 10.6 Å². The summed E-state index contributed by atoms with van der Waals surface area (Å²) in [5, 5.41) is 9.49. The number of amides is 2. The summed E-state index contributed by atoms with van der Waals surface area (Å²) in [6.45, 7) is 1.65. The van der Waals surface area contributed by atoms with Gasteiger partial charge in [0.05, 0.1) is 0 Å². The molecule has 0 aliphatic heterocycles. The van der Waals surface area contributed by atoms with Crippen LogP contribution in [0.15, 0.2) is 60.7 Å². The third-order valence-electron chi connectivity index (χ3n) is 4.70. The van der Waals surface area contributed by atoms with Crippen LogP contribution in [0.4, 0.5) is 0 Å². The predicted octanol–water partition coefficient (Wildman–Crippen LogP) is 2.17. The summed E-state index contributed by atoms with van der Waals surface area (Å²) < 4.78 is 0. The largest absolute Gasteiger partial charge is 0.351 e. The topological polar surface area (TPSA) is 110 Å². The average Bonchev–Trinajstić information content (AvgIpc) is 2.78. The zero-order valence-corrected chi connectivity index (χ0v) is 16.7. The minimum atomic E-state index is -0.186. The molecular formula is C24H26N4O2. The van der Waals surface area contributed by atoms with E-state index in [0.29, 0.717) is 26.2 Å². The normalized spacial score (nSPS) is 11.5. The summed E-state index contributed by atoms with van der Waals surface area (Å²) in [4.78, 5) is 24.1. The number of hydrogen-bond donors (Lipinski definition) is 4. The van der Waals surface area contributed by atoms with E-state index >= 15 is 0 Å². The van der Waals surface area contributed by atoms with Crippen molar-refractivity contribution < 1.29 is 9.59 Å². The zero-order valence-electron chi connectivity index (χ0n) is 16.7. The Morgan fingerprint density at radius 1 is 0.667 bits per heavy atom. The highest BCUT2D eigenvalue weighted by molar-refractivity contribution is 6.14. The molecule has 0 bridgehead atoms. The van der Waals surface area contributed by atoms with Crippen LogP contribution in [-0.4, -0.2) is 38.0 Å². The fraction of sp³-hybridized carbons (Fsp3) is 0.167. The van der Waals surface area contributed by atoms with E-state index in [0.717, 1.165) is 32.7 Å². The molecule has 2 amide bonds. The first-order valence-electron chi connectivity index (χ1n) is 9.91. The summed E-state index contributed by atoms with van der Waals surface area (Å²) in [5.41, 5.74) is 12.8. The summed E-state index contributed by atoms with van der Waals surface area (Å²) in [6, 6.07) is 15.9. The second kappa shape index (κ2) is 10.3. The van der Waals surface area contributed by atoms with Crippen LogP contribution < -0.4 is 22.1 Å². The van der Waals surface area contributed by atoms with E-state index in [9.17, 15) is 9.59 Å². The number of nitrogens with two attached hydrogens (primary N) is 2. The minimum Gasteiger partial charge on any atom is -0.351 e. The smallest absolute Gasteiger partial charge is 0.244 e. The van der Waals surface area contributed by atoms with Crippen molar-refractivity contribution in [2.24, 2.45) is 11.5 Å². The van der Waals surface area contributed by atoms with Gasteiger partial charge in [0, 0.05) is 38.3 Å². The van der Waals surface area contributed by atoms with Crippen molar-refractivity contribution in [1.29, 1.82) is 0 Å². The Labute approximate surface area is 175 Å². The maximum Gasteiger partial charge on any atom is 0.244 e. The number of fused-ring (bicyclic) bond motifs is 2. The van der Waals surface area contributed by atoms with Crippen molar-refractivity contribution >= 4 is 45.5 Å². The Kier molecular flexibility index (Phi) is 7.32. The summed E-state index contributed by atoms with van der Waals surface area (Å²) in [7, 11) is 0. The number of hydrogen-bond acceptors (Lipinski definition) is 4. The average molecular weight is 402 g/mol. The van der Waals surface area contributed by atoms with Gasteiger partial charge in [-0.05, 0) is 44.8 Å². The predicted molar refractivity (Wildman–Crippen MR) is 124 cm³/mol. The number of carbonyl (C=O) groups excluding carboxylic acids is 2. The van der Waals surface area contributed by atoms with Gasteiger partial charge in [0.1, 0.15) is 0 Å². The highest BCUT2D eigenvalue weighted by Gasteiger charge is 2.11. The maximum absolute atomic E-state index is 12.1. The monoisotopic (exact) mass is 402 g/mol. The Balaban J connectivity index is 2.13. The van der Waals surface area contributed by atoms with Crippen LogP contribution in [-0.2, 0) is 9.59 Å². The molecule has 154 valence electrons. The quantitative estimate of drug-likeness (QED) is 0.342. The molecule has 30 heavy (non-hydrogen) atoms. The maximum atomic E-state index is 12.1. The number of carbonyl (C=O) groups is 2. The van der Waals surface area contributed by atoms with Crippen LogP contribution in [0, 0.1) is 0 Å². The Bertz CT molecular complexity index is 974. The second-order valence-electron chi connectivity index (χ2n) is 6.74. The van der Waals surface area contributed by atoms with Gasteiger partial charge in [-0.1, -0.05) is 48.5 Å². The third-order valence-corrected chi connectivity index (χ3v) is 4.70. The first-order chi connectivity index (χ1) is 14.7. The van der Waals surface area contributed by atoms with Crippen molar-refractivity contribution in [3.8, 4) is 0 Å². The number of rotatable bonds is 8. The number of benzene rings is 3. The van der Waals surface area contributed by atoms with Gasteiger partial charge in [0.25, 0.3) is 0 Å². The molecule has 0 heterocycles. The van der Waals surface area contributed by atoms with Gasteiger partial charge in [-0.3, -0.25) is 9.59 Å². The SMILES string of the molecule is NCCNC(=O)/C=C/c1c2ccccc2c(/C=C/C(=O)NCCN)c2ccccc12. The van der Waals surface area contributed by atoms with E-state index in [1.807, 2.05) is 60.7 Å². The van der Waals surface area contributed by atoms with Crippen molar-refractivity contribution in [3.05, 3.63) is 71.8 Å². The van der Waals surface area contributed by atoms with Crippen molar-refractivity contribution in [3.63, 3.8) is 0 Å². The first kappa shape index (κ1) is 21.2.